The van der Waals surface area contributed by atoms with Crippen LogP contribution in [-0.2, 0) is 6.54 Å². The van der Waals surface area contributed by atoms with Gasteiger partial charge in [0.05, 0.1) is 12.2 Å². The Bertz CT molecular complexity index is 535. The summed E-state index contributed by atoms with van der Waals surface area (Å²) in [4.78, 5) is 11.5. The van der Waals surface area contributed by atoms with E-state index in [-0.39, 0.29) is 23.1 Å². The molecule has 0 unspecified atom stereocenters. The molecule has 2 rings (SSSR count). The first-order valence-corrected chi connectivity index (χ1v) is 6.15. The molecule has 2 heterocycles. The van der Waals surface area contributed by atoms with Crippen molar-refractivity contribution in [3.05, 3.63) is 41.3 Å². The number of halogens is 2. The molecule has 5 nitrogen and oxygen atoms in total. The number of nitrogens with two attached hydrogens (primary N) is 1. The monoisotopic (exact) mass is 283 g/mol. The van der Waals surface area contributed by atoms with Crippen molar-refractivity contribution in [2.75, 3.05) is 11.1 Å². The van der Waals surface area contributed by atoms with E-state index in [2.05, 4.69) is 20.3 Å². The minimum Gasteiger partial charge on any atom is -0.393 e. The normalized spacial score (nSPS) is 9.47. The Morgan fingerprint density at radius 2 is 2.05 bits per heavy atom. The summed E-state index contributed by atoms with van der Waals surface area (Å²) < 4.78 is 13.3. The molecule has 0 aliphatic rings. The van der Waals surface area contributed by atoms with E-state index in [4.69, 9.17) is 17.3 Å². The highest BCUT2D eigenvalue weighted by molar-refractivity contribution is 6.32. The van der Waals surface area contributed by atoms with Crippen LogP contribution in [0.25, 0.3) is 0 Å². The molecular weight excluding hydrogens is 269 g/mol. The molecule has 2 aromatic heterocycles. The van der Waals surface area contributed by atoms with Gasteiger partial charge in [-0.1, -0.05) is 25.4 Å². The Labute approximate surface area is 116 Å². The van der Waals surface area contributed by atoms with Crippen molar-refractivity contribution < 1.29 is 4.39 Å². The molecule has 0 amide bonds. The molecule has 0 radical (unpaired) electrons. The van der Waals surface area contributed by atoms with Gasteiger partial charge in [-0.2, -0.15) is 0 Å². The molecule has 3 N–H and O–H groups in total. The number of hydrogen-bond donors (Lipinski definition) is 2. The molecule has 0 bridgehead atoms. The summed E-state index contributed by atoms with van der Waals surface area (Å²) in [7, 11) is 0. The van der Waals surface area contributed by atoms with Crippen molar-refractivity contribution in [3.63, 3.8) is 0 Å². The minimum atomic E-state index is -0.390. The first-order chi connectivity index (χ1) is 9.18. The Morgan fingerprint density at radius 1 is 1.32 bits per heavy atom. The fourth-order valence-electron chi connectivity index (χ4n) is 1.23. The Hall–Kier alpha value is -1.95. The molecule has 102 valence electrons. The van der Waals surface area contributed by atoms with Crippen molar-refractivity contribution in [1.29, 1.82) is 0 Å². The quantitative estimate of drug-likeness (QED) is 0.847. The van der Waals surface area contributed by atoms with E-state index in [1.807, 2.05) is 13.8 Å². The van der Waals surface area contributed by atoms with Gasteiger partial charge in [0.15, 0.2) is 11.0 Å². The average molecular weight is 284 g/mol. The van der Waals surface area contributed by atoms with Gasteiger partial charge in [0.2, 0.25) is 0 Å². The standard InChI is InChI=1S/C10H9ClFN5.C2H6/c11-9-8(13)10(17-5-16-9)15-4-7-6(12)2-1-3-14-7;1-2/h1-3,5H,4,13H2,(H,15,16,17);1-2H3. The molecule has 0 atom stereocenters. The lowest BCUT2D eigenvalue weighted by atomic mass is 10.3. The zero-order chi connectivity index (χ0) is 14.3. The molecule has 0 aliphatic carbocycles. The van der Waals surface area contributed by atoms with Gasteiger partial charge in [0.25, 0.3) is 0 Å². The van der Waals surface area contributed by atoms with Crippen molar-refractivity contribution in [1.82, 2.24) is 15.0 Å². The van der Waals surface area contributed by atoms with Crippen LogP contribution in [0.3, 0.4) is 0 Å². The highest BCUT2D eigenvalue weighted by Crippen LogP contribution is 2.22. The lowest BCUT2D eigenvalue weighted by molar-refractivity contribution is 0.602. The van der Waals surface area contributed by atoms with Gasteiger partial charge < -0.3 is 11.1 Å². The van der Waals surface area contributed by atoms with Crippen molar-refractivity contribution in [2.45, 2.75) is 20.4 Å². The third-order valence-corrected chi connectivity index (χ3v) is 2.39. The summed E-state index contributed by atoms with van der Waals surface area (Å²) >= 11 is 5.72. The topological polar surface area (TPSA) is 76.7 Å². The van der Waals surface area contributed by atoms with Gasteiger partial charge in [-0.3, -0.25) is 4.98 Å². The smallest absolute Gasteiger partial charge is 0.157 e. The third kappa shape index (κ3) is 4.03. The lowest BCUT2D eigenvalue weighted by Gasteiger charge is -2.08. The van der Waals surface area contributed by atoms with E-state index in [1.165, 1.54) is 24.7 Å². The molecule has 19 heavy (non-hydrogen) atoms. The van der Waals surface area contributed by atoms with Gasteiger partial charge in [-0.25, -0.2) is 14.4 Å². The van der Waals surface area contributed by atoms with Crippen LogP contribution in [0.15, 0.2) is 24.7 Å². The van der Waals surface area contributed by atoms with Crippen molar-refractivity contribution in [2.24, 2.45) is 0 Å². The number of hydrogen-bond acceptors (Lipinski definition) is 5. The first kappa shape index (κ1) is 15.1. The first-order valence-electron chi connectivity index (χ1n) is 5.77. The summed E-state index contributed by atoms with van der Waals surface area (Å²) in [6.45, 7) is 4.17. The van der Waals surface area contributed by atoms with Crippen LogP contribution in [0.1, 0.15) is 19.5 Å². The lowest BCUT2D eigenvalue weighted by Crippen LogP contribution is -2.08. The van der Waals surface area contributed by atoms with Gasteiger partial charge >= 0.3 is 0 Å². The number of anilines is 2. The predicted octanol–water partition coefficient (Wildman–Crippen LogP) is 2.88. The highest BCUT2D eigenvalue weighted by Gasteiger charge is 2.07. The molecule has 0 fully saturated rings. The van der Waals surface area contributed by atoms with Crippen LogP contribution in [0, 0.1) is 5.82 Å². The molecule has 0 saturated carbocycles. The van der Waals surface area contributed by atoms with Crippen LogP contribution in [0.2, 0.25) is 5.15 Å². The van der Waals surface area contributed by atoms with Crippen LogP contribution >= 0.6 is 11.6 Å². The molecular formula is C12H15ClFN5. The fraction of sp³-hybridized carbons (Fsp3) is 0.250. The maximum atomic E-state index is 13.3. The summed E-state index contributed by atoms with van der Waals surface area (Å²) in [5.41, 5.74) is 6.16. The van der Waals surface area contributed by atoms with Crippen LogP contribution in [-0.4, -0.2) is 15.0 Å². The number of pyridine rings is 1. The highest BCUT2D eigenvalue weighted by atomic mass is 35.5. The Balaban J connectivity index is 0.000000861. The van der Waals surface area contributed by atoms with E-state index < -0.39 is 5.82 Å². The van der Waals surface area contributed by atoms with E-state index in [1.54, 1.807) is 0 Å². The predicted molar refractivity (Wildman–Crippen MR) is 74.3 cm³/mol. The number of nitrogens with zero attached hydrogens (tertiary/aromatic N) is 3. The van der Waals surface area contributed by atoms with Crippen molar-refractivity contribution >= 4 is 23.1 Å². The molecule has 0 spiro atoms. The zero-order valence-electron chi connectivity index (χ0n) is 10.7. The van der Waals surface area contributed by atoms with Gasteiger partial charge in [-0.15, -0.1) is 0 Å². The molecule has 0 aliphatic heterocycles. The van der Waals surface area contributed by atoms with Crippen LogP contribution < -0.4 is 11.1 Å². The van der Waals surface area contributed by atoms with E-state index in [0.717, 1.165) is 0 Å². The largest absolute Gasteiger partial charge is 0.393 e. The number of rotatable bonds is 3. The van der Waals surface area contributed by atoms with Gasteiger partial charge in [0.1, 0.15) is 17.8 Å². The summed E-state index contributed by atoms with van der Waals surface area (Å²) in [5, 5.41) is 3.00. The molecule has 0 aromatic carbocycles. The Morgan fingerprint density at radius 3 is 2.74 bits per heavy atom. The molecule has 2 aromatic rings. The number of nitrogen functional groups attached to an aromatic ring is 1. The fourth-order valence-corrected chi connectivity index (χ4v) is 1.36. The van der Waals surface area contributed by atoms with Crippen LogP contribution in [0.5, 0.6) is 0 Å². The number of nitrogens with one attached hydrogen (secondary N) is 1. The summed E-state index contributed by atoms with van der Waals surface area (Å²) in [6, 6.07) is 2.86. The van der Waals surface area contributed by atoms with Crippen molar-refractivity contribution in [3.8, 4) is 0 Å². The maximum Gasteiger partial charge on any atom is 0.157 e. The SMILES string of the molecule is CC.Nc1c(Cl)ncnc1NCc1ncccc1F. The van der Waals surface area contributed by atoms with Gasteiger partial charge in [0, 0.05) is 6.20 Å². The van der Waals surface area contributed by atoms with E-state index >= 15 is 0 Å². The number of aromatic nitrogens is 3. The second-order valence-corrected chi connectivity index (χ2v) is 3.57. The summed E-state index contributed by atoms with van der Waals surface area (Å²) in [6.07, 6.45) is 2.78. The van der Waals surface area contributed by atoms with E-state index in [9.17, 15) is 4.39 Å². The molecule has 7 heteroatoms. The third-order valence-electron chi connectivity index (χ3n) is 2.09. The average Bonchev–Trinajstić information content (AvgIpc) is 2.44. The Kier molecular flexibility index (Phi) is 5.95. The molecule has 0 saturated heterocycles. The minimum absolute atomic E-state index is 0.156. The second-order valence-electron chi connectivity index (χ2n) is 3.21. The van der Waals surface area contributed by atoms with Crippen LogP contribution in [0.4, 0.5) is 15.9 Å². The second kappa shape index (κ2) is 7.48. The maximum absolute atomic E-state index is 13.3. The zero-order valence-corrected chi connectivity index (χ0v) is 11.4. The summed E-state index contributed by atoms with van der Waals surface area (Å²) in [5.74, 6) is -0.0335. The van der Waals surface area contributed by atoms with E-state index in [0.29, 0.717) is 5.82 Å². The van der Waals surface area contributed by atoms with Gasteiger partial charge in [-0.05, 0) is 12.1 Å².